The van der Waals surface area contributed by atoms with Gasteiger partial charge in [-0.2, -0.15) is 0 Å². The maximum Gasteiger partial charge on any atom is 0.100 e. The molecule has 1 rings (SSSR count). The van der Waals surface area contributed by atoms with E-state index in [4.69, 9.17) is 0 Å². The molecule has 1 saturated carbocycles. The van der Waals surface area contributed by atoms with Gasteiger partial charge in [-0.25, -0.2) is 4.39 Å². The molecule has 1 fully saturated rings. The molecule has 0 atom stereocenters. The summed E-state index contributed by atoms with van der Waals surface area (Å²) >= 11 is 0. The lowest BCUT2D eigenvalue weighted by molar-refractivity contribution is 0.626. The lowest BCUT2D eigenvalue weighted by Crippen LogP contribution is -1.84. The van der Waals surface area contributed by atoms with E-state index in [2.05, 4.69) is 13.8 Å². The topological polar surface area (TPSA) is 0 Å². The van der Waals surface area contributed by atoms with E-state index in [-0.39, 0.29) is 5.83 Å². The van der Waals surface area contributed by atoms with Crippen molar-refractivity contribution in [1.29, 1.82) is 0 Å². The van der Waals surface area contributed by atoms with Gasteiger partial charge in [-0.15, -0.1) is 0 Å². The zero-order valence-corrected chi connectivity index (χ0v) is 7.50. The molecule has 0 aromatic heterocycles. The van der Waals surface area contributed by atoms with Crippen LogP contribution in [0.2, 0.25) is 0 Å². The van der Waals surface area contributed by atoms with Gasteiger partial charge in [-0.05, 0) is 51.2 Å². The molecule has 0 amide bonds. The molecular weight excluding hydrogens is 139 g/mol. The minimum absolute atomic E-state index is 0.0127. The number of allylic oxidation sites excluding steroid dienone is 4. The Balaban J connectivity index is 3.01. The normalized spacial score (nSPS) is 22.4. The number of halogens is 1. The Morgan fingerprint density at radius 2 is 1.64 bits per heavy atom. The zero-order chi connectivity index (χ0) is 8.43. The molecule has 0 spiro atoms. The van der Waals surface area contributed by atoms with Crippen LogP contribution < -0.4 is 0 Å². The van der Waals surface area contributed by atoms with Crippen molar-refractivity contribution in [3.05, 3.63) is 22.5 Å². The van der Waals surface area contributed by atoms with Crippen molar-refractivity contribution in [3.8, 4) is 0 Å². The largest absolute Gasteiger partial charge is 0.212 e. The molecule has 0 heterocycles. The van der Waals surface area contributed by atoms with Crippen molar-refractivity contribution in [2.24, 2.45) is 0 Å². The highest BCUT2D eigenvalue weighted by Gasteiger charge is 2.16. The van der Waals surface area contributed by atoms with Crippen LogP contribution in [0.25, 0.3) is 0 Å². The minimum Gasteiger partial charge on any atom is -0.212 e. The van der Waals surface area contributed by atoms with Crippen LogP contribution in [0, 0.1) is 0 Å². The molecule has 0 aromatic carbocycles. The Bertz CT molecular complexity index is 189. The van der Waals surface area contributed by atoms with Crippen molar-refractivity contribution in [1.82, 2.24) is 0 Å². The van der Waals surface area contributed by atoms with E-state index < -0.39 is 0 Å². The fourth-order valence-electron chi connectivity index (χ4n) is 1.68. The SMILES string of the molecule is CC(C)=C1CCC/C1=C(/C)F. The molecule has 1 aliphatic rings. The van der Waals surface area contributed by atoms with Crippen molar-refractivity contribution >= 4 is 0 Å². The third kappa shape index (κ3) is 1.70. The van der Waals surface area contributed by atoms with Gasteiger partial charge in [0.05, 0.1) is 0 Å². The first kappa shape index (κ1) is 8.51. The molecule has 0 radical (unpaired) electrons. The average molecular weight is 154 g/mol. The third-order valence-corrected chi connectivity index (χ3v) is 2.24. The van der Waals surface area contributed by atoms with Crippen LogP contribution in [0.1, 0.15) is 40.0 Å². The molecule has 0 aliphatic heterocycles. The van der Waals surface area contributed by atoms with E-state index in [9.17, 15) is 4.39 Å². The number of hydrogen-bond acceptors (Lipinski definition) is 0. The summed E-state index contributed by atoms with van der Waals surface area (Å²) in [6.07, 6.45) is 3.12. The van der Waals surface area contributed by atoms with Crippen molar-refractivity contribution in [2.45, 2.75) is 40.0 Å². The van der Waals surface area contributed by atoms with Gasteiger partial charge in [-0.3, -0.25) is 0 Å². The van der Waals surface area contributed by atoms with Crippen LogP contribution in [0.4, 0.5) is 4.39 Å². The first-order valence-electron chi connectivity index (χ1n) is 4.15. The van der Waals surface area contributed by atoms with Crippen LogP contribution in [0.15, 0.2) is 22.5 Å². The third-order valence-electron chi connectivity index (χ3n) is 2.24. The molecule has 0 N–H and O–H groups in total. The van der Waals surface area contributed by atoms with Crippen LogP contribution >= 0.6 is 0 Å². The summed E-state index contributed by atoms with van der Waals surface area (Å²) < 4.78 is 12.9. The molecule has 0 nitrogen and oxygen atoms in total. The molecule has 0 aromatic rings. The predicted molar refractivity (Wildman–Crippen MR) is 46.0 cm³/mol. The highest BCUT2D eigenvalue weighted by Crippen LogP contribution is 2.34. The summed E-state index contributed by atoms with van der Waals surface area (Å²) in [4.78, 5) is 0. The summed E-state index contributed by atoms with van der Waals surface area (Å²) in [7, 11) is 0. The molecule has 1 heteroatoms. The zero-order valence-electron chi connectivity index (χ0n) is 7.50. The molecule has 0 bridgehead atoms. The maximum absolute atomic E-state index is 12.9. The molecule has 0 saturated heterocycles. The van der Waals surface area contributed by atoms with Gasteiger partial charge in [0.25, 0.3) is 0 Å². The summed E-state index contributed by atoms with van der Waals surface area (Å²) in [5.74, 6) is 0.0127. The lowest BCUT2D eigenvalue weighted by Gasteiger charge is -2.03. The average Bonchev–Trinajstić information content (AvgIpc) is 2.32. The summed E-state index contributed by atoms with van der Waals surface area (Å²) in [6, 6.07) is 0. The van der Waals surface area contributed by atoms with Crippen LogP contribution in [0.5, 0.6) is 0 Å². The van der Waals surface area contributed by atoms with Gasteiger partial charge in [0, 0.05) is 0 Å². The lowest BCUT2D eigenvalue weighted by atomic mass is 10.0. The highest BCUT2D eigenvalue weighted by molar-refractivity contribution is 5.38. The van der Waals surface area contributed by atoms with Gasteiger partial charge in [0.15, 0.2) is 0 Å². The molecule has 1 aliphatic carbocycles. The summed E-state index contributed by atoms with van der Waals surface area (Å²) in [5, 5.41) is 0. The Hall–Kier alpha value is -0.590. The second kappa shape index (κ2) is 3.21. The van der Waals surface area contributed by atoms with Crippen molar-refractivity contribution < 1.29 is 4.39 Å². The van der Waals surface area contributed by atoms with Gasteiger partial charge in [0.2, 0.25) is 0 Å². The fraction of sp³-hybridized carbons (Fsp3) is 0.600. The van der Waals surface area contributed by atoms with Gasteiger partial charge >= 0.3 is 0 Å². The van der Waals surface area contributed by atoms with E-state index in [0.717, 1.165) is 24.8 Å². The Labute approximate surface area is 67.8 Å². The molecule has 11 heavy (non-hydrogen) atoms. The highest BCUT2D eigenvalue weighted by atomic mass is 19.1. The smallest absolute Gasteiger partial charge is 0.100 e. The summed E-state index contributed by atoms with van der Waals surface area (Å²) in [6.45, 7) is 5.68. The second-order valence-corrected chi connectivity index (χ2v) is 3.34. The Kier molecular flexibility index (Phi) is 2.48. The minimum atomic E-state index is 0.0127. The standard InChI is InChI=1S/C10H15F/c1-7(2)9-5-4-6-10(9)8(3)11/h4-6H2,1-3H3/b10-8+. The number of rotatable bonds is 0. The van der Waals surface area contributed by atoms with E-state index in [0.29, 0.717) is 0 Å². The Morgan fingerprint density at radius 3 is 2.00 bits per heavy atom. The van der Waals surface area contributed by atoms with Crippen LogP contribution in [-0.4, -0.2) is 0 Å². The Morgan fingerprint density at radius 1 is 1.09 bits per heavy atom. The number of hydrogen-bond donors (Lipinski definition) is 0. The van der Waals surface area contributed by atoms with Gasteiger partial charge in [-0.1, -0.05) is 5.57 Å². The molecular formula is C10H15F. The predicted octanol–water partition coefficient (Wildman–Crippen LogP) is 3.75. The quantitative estimate of drug-likeness (QED) is 0.498. The summed E-state index contributed by atoms with van der Waals surface area (Å²) in [5.41, 5.74) is 3.49. The van der Waals surface area contributed by atoms with E-state index in [1.165, 1.54) is 11.1 Å². The maximum atomic E-state index is 12.9. The van der Waals surface area contributed by atoms with E-state index >= 15 is 0 Å². The monoisotopic (exact) mass is 154 g/mol. The van der Waals surface area contributed by atoms with Crippen molar-refractivity contribution in [2.75, 3.05) is 0 Å². The van der Waals surface area contributed by atoms with Crippen LogP contribution in [-0.2, 0) is 0 Å². The van der Waals surface area contributed by atoms with E-state index in [1.807, 2.05) is 0 Å². The second-order valence-electron chi connectivity index (χ2n) is 3.34. The van der Waals surface area contributed by atoms with Gasteiger partial charge < -0.3 is 0 Å². The van der Waals surface area contributed by atoms with E-state index in [1.54, 1.807) is 6.92 Å². The van der Waals surface area contributed by atoms with Gasteiger partial charge in [0.1, 0.15) is 5.83 Å². The molecule has 0 unspecified atom stereocenters. The molecule has 62 valence electrons. The fourth-order valence-corrected chi connectivity index (χ4v) is 1.68. The van der Waals surface area contributed by atoms with Crippen LogP contribution in [0.3, 0.4) is 0 Å². The first-order chi connectivity index (χ1) is 5.13. The van der Waals surface area contributed by atoms with Crippen molar-refractivity contribution in [3.63, 3.8) is 0 Å². The first-order valence-corrected chi connectivity index (χ1v) is 4.15.